The maximum absolute atomic E-state index is 12.8. The van der Waals surface area contributed by atoms with Gasteiger partial charge in [-0.05, 0) is 37.7 Å². The van der Waals surface area contributed by atoms with E-state index in [1.165, 1.54) is 25.0 Å². The Morgan fingerprint density at radius 3 is 2.88 bits per heavy atom. The molecule has 1 amide bonds. The molecule has 3 aliphatic heterocycles. The zero-order chi connectivity index (χ0) is 15.0. The summed E-state index contributed by atoms with van der Waals surface area (Å²) < 4.78 is 0.0490. The predicted octanol–water partition coefficient (Wildman–Crippen LogP) is 3.38. The lowest BCUT2D eigenvalue weighted by atomic mass is 9.74. The van der Waals surface area contributed by atoms with Crippen LogP contribution in [0.15, 0.2) is 28.9 Å². The number of hydrazine groups is 1. The molecule has 0 aromatic heterocycles. The normalized spacial score (nSPS) is 34.2. The van der Waals surface area contributed by atoms with Gasteiger partial charge in [0, 0.05) is 25.1 Å². The average Bonchev–Trinajstić information content (AvgIpc) is 2.93. The van der Waals surface area contributed by atoms with Crippen molar-refractivity contribution in [2.24, 2.45) is 16.8 Å². The fourth-order valence-corrected chi connectivity index (χ4v) is 6.00. The number of piperidine rings is 1. The fourth-order valence-electron chi connectivity index (χ4n) is 4.18. The van der Waals surface area contributed by atoms with Gasteiger partial charge in [-0.1, -0.05) is 18.6 Å². The molecule has 2 fully saturated rings. The number of aliphatic imine (C=N–C) groups is 1. The molecule has 0 saturated carbocycles. The number of hydrogen-bond donors (Lipinski definition) is 1. The molecule has 4 aliphatic rings. The molecule has 4 nitrogen and oxygen atoms in total. The molecule has 3 heterocycles. The third kappa shape index (κ3) is 3.41. The van der Waals surface area contributed by atoms with Gasteiger partial charge in [0.15, 0.2) is 0 Å². The number of halogens is 2. The lowest BCUT2D eigenvalue weighted by Gasteiger charge is -2.39. The highest BCUT2D eigenvalue weighted by Crippen LogP contribution is 2.57. The first-order valence-corrected chi connectivity index (χ1v) is 9.37. The minimum Gasteiger partial charge on any atom is -0.289 e. The first-order chi connectivity index (χ1) is 10.8. The molecule has 0 aromatic rings. The molecule has 2 saturated heterocycles. The molecule has 0 aromatic carbocycles. The number of rotatable bonds is 2. The average molecular weight is 390 g/mol. The lowest BCUT2D eigenvalue weighted by molar-refractivity contribution is -0.131. The first kappa shape index (κ1) is 19.8. The van der Waals surface area contributed by atoms with E-state index in [1.54, 1.807) is 0 Å². The van der Waals surface area contributed by atoms with E-state index in [-0.39, 0.29) is 41.4 Å². The van der Waals surface area contributed by atoms with Gasteiger partial charge in [0.1, 0.15) is 0 Å². The van der Waals surface area contributed by atoms with Gasteiger partial charge < -0.3 is 0 Å². The zero-order valence-electron chi connectivity index (χ0n) is 13.6. The van der Waals surface area contributed by atoms with Crippen molar-refractivity contribution in [1.82, 2.24) is 10.4 Å². The van der Waals surface area contributed by atoms with E-state index in [0.29, 0.717) is 5.92 Å². The molecule has 1 spiro atoms. The Balaban J connectivity index is 0.00000104. The van der Waals surface area contributed by atoms with Gasteiger partial charge in [-0.25, -0.2) is 5.01 Å². The van der Waals surface area contributed by atoms with E-state index in [9.17, 15) is 4.79 Å². The monoisotopic (exact) mass is 389 g/mol. The maximum Gasteiger partial charge on any atom is 0.238 e. The molecule has 1 N–H and O–H groups in total. The second kappa shape index (κ2) is 8.26. The molecule has 3 unspecified atom stereocenters. The minimum absolute atomic E-state index is 0. The first-order valence-electron chi connectivity index (χ1n) is 8.39. The molecule has 0 bridgehead atoms. The molecule has 134 valence electrons. The van der Waals surface area contributed by atoms with Crippen LogP contribution in [0.1, 0.15) is 32.1 Å². The van der Waals surface area contributed by atoms with Gasteiger partial charge >= 0.3 is 0 Å². The van der Waals surface area contributed by atoms with Gasteiger partial charge in [0.25, 0.3) is 0 Å². The van der Waals surface area contributed by atoms with Crippen molar-refractivity contribution in [3.8, 4) is 0 Å². The van der Waals surface area contributed by atoms with Crippen molar-refractivity contribution in [1.29, 1.82) is 0 Å². The highest BCUT2D eigenvalue weighted by atomic mass is 35.5. The molecule has 0 radical (unpaired) electrons. The summed E-state index contributed by atoms with van der Waals surface area (Å²) in [5.74, 6) is 1.63. The summed E-state index contributed by atoms with van der Waals surface area (Å²) in [5, 5.41) is 2.12. The van der Waals surface area contributed by atoms with Crippen molar-refractivity contribution >= 4 is 48.7 Å². The number of hydrogen-bond acceptors (Lipinski definition) is 4. The molecule has 1 aliphatic carbocycles. The van der Waals surface area contributed by atoms with Gasteiger partial charge in [-0.15, -0.1) is 36.6 Å². The van der Waals surface area contributed by atoms with Gasteiger partial charge in [-0.3, -0.25) is 15.2 Å². The number of nitrogens with one attached hydrogen (secondary N) is 1. The highest BCUT2D eigenvalue weighted by Gasteiger charge is 2.54. The van der Waals surface area contributed by atoms with Crippen LogP contribution in [-0.4, -0.2) is 40.7 Å². The number of allylic oxidation sites excluding steroid dienone is 3. The predicted molar refractivity (Wildman–Crippen MR) is 105 cm³/mol. The van der Waals surface area contributed by atoms with Crippen LogP contribution in [0.25, 0.3) is 0 Å². The molecule has 4 rings (SSSR count). The summed E-state index contributed by atoms with van der Waals surface area (Å²) in [6.45, 7) is 1.99. The van der Waals surface area contributed by atoms with Crippen LogP contribution in [0.5, 0.6) is 0 Å². The number of carbonyl (C=O) groups excluding carboxylic acids is 1. The quantitative estimate of drug-likeness (QED) is 0.786. The third-order valence-electron chi connectivity index (χ3n) is 5.40. The number of thioether (sulfide) groups is 1. The molecule has 3 atom stereocenters. The Kier molecular flexibility index (Phi) is 6.82. The Labute approximate surface area is 160 Å². The van der Waals surface area contributed by atoms with Crippen molar-refractivity contribution in [3.63, 3.8) is 0 Å². The van der Waals surface area contributed by atoms with Crippen molar-refractivity contribution in [2.75, 3.05) is 18.8 Å². The van der Waals surface area contributed by atoms with Crippen LogP contribution in [0.4, 0.5) is 0 Å². The number of nitrogens with zero attached hydrogens (tertiary/aromatic N) is 2. The Bertz CT molecular complexity index is 560. The maximum atomic E-state index is 12.8. The van der Waals surface area contributed by atoms with Crippen molar-refractivity contribution < 1.29 is 4.79 Å². The number of amides is 1. The fraction of sp³-hybridized carbons (Fsp3) is 0.647. The van der Waals surface area contributed by atoms with E-state index in [1.807, 2.05) is 18.0 Å². The van der Waals surface area contributed by atoms with Crippen molar-refractivity contribution in [3.05, 3.63) is 23.9 Å². The van der Waals surface area contributed by atoms with Crippen LogP contribution < -0.4 is 5.43 Å². The van der Waals surface area contributed by atoms with E-state index in [4.69, 9.17) is 0 Å². The smallest absolute Gasteiger partial charge is 0.238 e. The van der Waals surface area contributed by atoms with Crippen LogP contribution in [0.2, 0.25) is 0 Å². The third-order valence-corrected chi connectivity index (χ3v) is 7.12. The summed E-state index contributed by atoms with van der Waals surface area (Å²) in [6.07, 6.45) is 14.1. The lowest BCUT2D eigenvalue weighted by Crippen LogP contribution is -2.50. The zero-order valence-corrected chi connectivity index (χ0v) is 16.1. The van der Waals surface area contributed by atoms with Crippen LogP contribution in [-0.2, 0) is 4.79 Å². The summed E-state index contributed by atoms with van der Waals surface area (Å²) in [4.78, 5) is 17.4. The molecule has 24 heavy (non-hydrogen) atoms. The van der Waals surface area contributed by atoms with E-state index in [0.717, 1.165) is 31.7 Å². The Morgan fingerprint density at radius 1 is 1.29 bits per heavy atom. The summed E-state index contributed by atoms with van der Waals surface area (Å²) in [7, 11) is 0. The summed E-state index contributed by atoms with van der Waals surface area (Å²) >= 11 is 1.94. The summed E-state index contributed by atoms with van der Waals surface area (Å²) in [6, 6.07) is 0. The standard InChI is InChI=1S/C17H23N3OS.2ClH/c21-16(19-20-10-4-1-5-11-20)13-12-22-17-8-3-2-6-15(17)18-9-7-14(13)17;;/h2-3,6,9,13-14H,1,4-5,7-8,10-12H2,(H,19,21);2*1H. The largest absolute Gasteiger partial charge is 0.289 e. The number of carbonyl (C=O) groups is 1. The Morgan fingerprint density at radius 2 is 2.08 bits per heavy atom. The minimum atomic E-state index is 0. The van der Waals surface area contributed by atoms with Crippen LogP contribution >= 0.6 is 36.6 Å². The topological polar surface area (TPSA) is 44.7 Å². The van der Waals surface area contributed by atoms with Crippen LogP contribution in [0.3, 0.4) is 0 Å². The Hall–Kier alpha value is -0.490. The van der Waals surface area contributed by atoms with E-state index in [2.05, 4.69) is 33.7 Å². The van der Waals surface area contributed by atoms with Gasteiger partial charge in [-0.2, -0.15) is 0 Å². The van der Waals surface area contributed by atoms with Gasteiger partial charge in [0.2, 0.25) is 5.91 Å². The van der Waals surface area contributed by atoms with Gasteiger partial charge in [0.05, 0.1) is 16.4 Å². The van der Waals surface area contributed by atoms with E-state index >= 15 is 0 Å². The second-order valence-electron chi connectivity index (χ2n) is 6.67. The molecule has 7 heteroatoms. The van der Waals surface area contributed by atoms with Crippen molar-refractivity contribution in [2.45, 2.75) is 36.9 Å². The molecular formula is C17H25Cl2N3OS. The SMILES string of the molecule is Cl.Cl.O=C(NN1CCCCC1)C1CSC23CC=CC=C2N=CCC13. The highest BCUT2D eigenvalue weighted by molar-refractivity contribution is 8.01. The molecular weight excluding hydrogens is 365 g/mol. The van der Waals surface area contributed by atoms with Crippen LogP contribution in [0, 0.1) is 11.8 Å². The summed E-state index contributed by atoms with van der Waals surface area (Å²) in [5.41, 5.74) is 4.36. The second-order valence-corrected chi connectivity index (χ2v) is 8.02. The van der Waals surface area contributed by atoms with E-state index < -0.39 is 0 Å².